The van der Waals surface area contributed by atoms with E-state index in [2.05, 4.69) is 12.2 Å². The van der Waals surface area contributed by atoms with E-state index in [0.717, 1.165) is 13.0 Å². The Bertz CT molecular complexity index is 117. The third-order valence-corrected chi connectivity index (χ3v) is 1.43. The number of nitrogens with one attached hydrogen (secondary N) is 2. The van der Waals surface area contributed by atoms with Crippen LogP contribution in [0.15, 0.2) is 0 Å². The van der Waals surface area contributed by atoms with E-state index in [0.29, 0.717) is 12.4 Å². The Balaban J connectivity index is -0.000000500. The van der Waals surface area contributed by atoms with Gasteiger partial charge in [-0.05, 0) is 13.0 Å². The molecule has 5 nitrogen and oxygen atoms in total. The van der Waals surface area contributed by atoms with Crippen LogP contribution in [0.3, 0.4) is 0 Å². The second-order valence-electron chi connectivity index (χ2n) is 2.59. The molecule has 76 valence electrons. The Morgan fingerprint density at radius 3 is 2.67 bits per heavy atom. The van der Waals surface area contributed by atoms with E-state index in [9.17, 15) is 0 Å². The van der Waals surface area contributed by atoms with Gasteiger partial charge in [0.1, 0.15) is 5.84 Å². The van der Waals surface area contributed by atoms with Crippen molar-refractivity contribution in [1.29, 1.82) is 5.41 Å². The summed E-state index contributed by atoms with van der Waals surface area (Å²) in [5, 5.41) is 11.8. The summed E-state index contributed by atoms with van der Waals surface area (Å²) in [4.78, 5) is 0. The van der Waals surface area contributed by atoms with E-state index in [-0.39, 0.29) is 7.58 Å². The number of hydrogen-bond donors (Lipinski definition) is 4. The zero-order chi connectivity index (χ0) is 8.69. The zero-order valence-corrected chi connectivity index (χ0v) is 8.06. The lowest BCUT2D eigenvalue weighted by Gasteiger charge is -2.13. The van der Waals surface area contributed by atoms with E-state index in [1.165, 1.54) is 11.4 Å². The molecule has 0 bridgehead atoms. The van der Waals surface area contributed by atoms with Crippen molar-refractivity contribution in [3.63, 3.8) is 0 Å². The van der Waals surface area contributed by atoms with Crippen molar-refractivity contribution in [3.05, 3.63) is 0 Å². The Labute approximate surface area is 75.9 Å². The molecule has 0 aromatic rings. The predicted octanol–water partition coefficient (Wildman–Crippen LogP) is 0.567. The van der Waals surface area contributed by atoms with Crippen molar-refractivity contribution in [1.82, 2.24) is 16.5 Å². The maximum atomic E-state index is 7.32. The fourth-order valence-electron chi connectivity index (χ4n) is 0.633. The predicted molar refractivity (Wildman–Crippen MR) is 54.6 cm³/mol. The topological polar surface area (TPSA) is 100 Å². The number of rotatable bonds is 5. The van der Waals surface area contributed by atoms with E-state index in [1.807, 2.05) is 0 Å². The molecule has 5 heteroatoms. The summed E-state index contributed by atoms with van der Waals surface area (Å²) in [7, 11) is 1.67. The summed E-state index contributed by atoms with van der Waals surface area (Å²) < 4.78 is 0. The molecule has 0 saturated heterocycles. The van der Waals surface area contributed by atoms with Crippen molar-refractivity contribution < 1.29 is 1.43 Å². The minimum atomic E-state index is 0. The third-order valence-electron chi connectivity index (χ3n) is 1.43. The highest BCUT2D eigenvalue weighted by Gasteiger charge is 1.96. The van der Waals surface area contributed by atoms with E-state index in [4.69, 9.17) is 11.3 Å². The molecule has 0 saturated carbocycles. The van der Waals surface area contributed by atoms with Gasteiger partial charge in [0.05, 0.1) is 6.54 Å². The van der Waals surface area contributed by atoms with Gasteiger partial charge in [0.15, 0.2) is 0 Å². The molecule has 0 aliphatic heterocycles. The first kappa shape index (κ1) is 13.9. The average Bonchev–Trinajstić information content (AvgIpc) is 1.97. The summed E-state index contributed by atoms with van der Waals surface area (Å²) in [6.07, 6.45) is 2.33. The number of nitrogens with two attached hydrogens (primary N) is 1. The number of hydrogen-bond acceptors (Lipinski definition) is 4. The van der Waals surface area contributed by atoms with E-state index >= 15 is 0 Å². The molecule has 0 spiro atoms. The van der Waals surface area contributed by atoms with Crippen LogP contribution in [0, 0.1) is 5.41 Å². The molecule has 0 aliphatic rings. The minimum absolute atomic E-state index is 0. The SMILES string of the molecule is CCCCNCC(=N)N(C)N.N.[HH]. The van der Waals surface area contributed by atoms with Gasteiger partial charge < -0.3 is 16.5 Å². The van der Waals surface area contributed by atoms with Gasteiger partial charge in [-0.25, -0.2) is 5.84 Å². The van der Waals surface area contributed by atoms with Gasteiger partial charge in [0.25, 0.3) is 0 Å². The van der Waals surface area contributed by atoms with Crippen LogP contribution in [0.25, 0.3) is 0 Å². The Hall–Kier alpha value is -0.650. The van der Waals surface area contributed by atoms with Crippen molar-refractivity contribution in [2.75, 3.05) is 20.1 Å². The van der Waals surface area contributed by atoms with Gasteiger partial charge in [-0.3, -0.25) is 5.41 Å². The third kappa shape index (κ3) is 7.46. The number of unbranched alkanes of at least 4 members (excludes halogenated alkanes) is 1. The Morgan fingerprint density at radius 2 is 2.25 bits per heavy atom. The van der Waals surface area contributed by atoms with Crippen molar-refractivity contribution in [2.45, 2.75) is 19.8 Å². The Kier molecular flexibility index (Phi) is 9.79. The highest BCUT2D eigenvalue weighted by molar-refractivity contribution is 5.80. The normalized spacial score (nSPS) is 8.92. The first-order valence-electron chi connectivity index (χ1n) is 3.95. The summed E-state index contributed by atoms with van der Waals surface area (Å²) >= 11 is 0. The maximum absolute atomic E-state index is 7.32. The molecule has 0 aromatic heterocycles. The highest BCUT2D eigenvalue weighted by Crippen LogP contribution is 1.82. The molecule has 0 aliphatic carbocycles. The van der Waals surface area contributed by atoms with Crippen LogP contribution in [-0.4, -0.2) is 31.0 Å². The summed E-state index contributed by atoms with van der Waals surface area (Å²) in [5.41, 5.74) is 0. The summed E-state index contributed by atoms with van der Waals surface area (Å²) in [6, 6.07) is 0. The molecular weight excluding hydrogens is 154 g/mol. The molecule has 0 radical (unpaired) electrons. The zero-order valence-electron chi connectivity index (χ0n) is 8.06. The van der Waals surface area contributed by atoms with Crippen LogP contribution in [0.1, 0.15) is 21.2 Å². The largest absolute Gasteiger partial charge is 0.344 e. The molecular formula is C7H23N5. The number of hydrazine groups is 1. The molecule has 0 fully saturated rings. The van der Waals surface area contributed by atoms with Crippen LogP contribution in [0.2, 0.25) is 0 Å². The van der Waals surface area contributed by atoms with Crippen LogP contribution in [0.5, 0.6) is 0 Å². The molecule has 0 aromatic carbocycles. The summed E-state index contributed by atoms with van der Waals surface area (Å²) in [6.45, 7) is 3.67. The van der Waals surface area contributed by atoms with Crippen LogP contribution < -0.4 is 17.3 Å². The molecule has 7 N–H and O–H groups in total. The molecule has 0 heterocycles. The first-order chi connectivity index (χ1) is 5.18. The maximum Gasteiger partial charge on any atom is 0.124 e. The highest BCUT2D eigenvalue weighted by atomic mass is 15.4. The van der Waals surface area contributed by atoms with Crippen molar-refractivity contribution in [2.24, 2.45) is 5.84 Å². The van der Waals surface area contributed by atoms with Crippen molar-refractivity contribution >= 4 is 5.84 Å². The molecule has 0 rings (SSSR count). The average molecular weight is 177 g/mol. The summed E-state index contributed by atoms with van der Waals surface area (Å²) in [5.74, 6) is 5.74. The van der Waals surface area contributed by atoms with Gasteiger partial charge in [-0.15, -0.1) is 0 Å². The molecule has 12 heavy (non-hydrogen) atoms. The second-order valence-corrected chi connectivity index (χ2v) is 2.59. The van der Waals surface area contributed by atoms with Crippen LogP contribution >= 0.6 is 0 Å². The van der Waals surface area contributed by atoms with Crippen molar-refractivity contribution in [3.8, 4) is 0 Å². The van der Waals surface area contributed by atoms with E-state index in [1.54, 1.807) is 7.05 Å². The van der Waals surface area contributed by atoms with Gasteiger partial charge in [0.2, 0.25) is 0 Å². The second kappa shape index (κ2) is 8.45. The van der Waals surface area contributed by atoms with Crippen LogP contribution in [-0.2, 0) is 0 Å². The lowest BCUT2D eigenvalue weighted by atomic mass is 10.3. The van der Waals surface area contributed by atoms with Gasteiger partial charge in [-0.2, -0.15) is 0 Å². The number of nitrogens with zero attached hydrogens (tertiary/aromatic N) is 1. The smallest absolute Gasteiger partial charge is 0.124 e. The first-order valence-corrected chi connectivity index (χ1v) is 3.95. The van der Waals surface area contributed by atoms with Crippen LogP contribution in [0.4, 0.5) is 0 Å². The lowest BCUT2D eigenvalue weighted by Crippen LogP contribution is -2.39. The monoisotopic (exact) mass is 177 g/mol. The number of amidine groups is 1. The molecule has 0 unspecified atom stereocenters. The quantitative estimate of drug-likeness (QED) is 0.162. The molecule has 0 amide bonds. The Morgan fingerprint density at radius 1 is 1.67 bits per heavy atom. The van der Waals surface area contributed by atoms with Gasteiger partial charge in [0, 0.05) is 8.47 Å². The van der Waals surface area contributed by atoms with Gasteiger partial charge in [-0.1, -0.05) is 13.3 Å². The van der Waals surface area contributed by atoms with E-state index < -0.39 is 0 Å². The molecule has 0 atom stereocenters. The lowest BCUT2D eigenvalue weighted by molar-refractivity contribution is 0.515. The fraction of sp³-hybridized carbons (Fsp3) is 0.857. The standard InChI is InChI=1S/C7H18N4.H3N.H2/c1-3-4-5-10-6-7(8)11(2)9;;/h8,10H,3-6,9H2,1-2H3;1H3;1H. The minimum Gasteiger partial charge on any atom is -0.344 e. The van der Waals surface area contributed by atoms with Gasteiger partial charge >= 0.3 is 0 Å². The number of likely N-dealkylation sites (N-methyl/N-ethyl adjacent to an activating group) is 1. The fourth-order valence-corrected chi connectivity index (χ4v) is 0.633.